The highest BCUT2D eigenvalue weighted by atomic mass is 16.5. The molecule has 0 saturated heterocycles. The first-order valence-corrected chi connectivity index (χ1v) is 5.71. The van der Waals surface area contributed by atoms with Crippen molar-refractivity contribution >= 4 is 0 Å². The second kappa shape index (κ2) is 4.57. The van der Waals surface area contributed by atoms with E-state index in [4.69, 9.17) is 4.74 Å². The maximum Gasteiger partial charge on any atom is 0.242 e. The largest absolute Gasteiger partial charge is 0.473 e. The molecule has 2 aromatic heterocycles. The van der Waals surface area contributed by atoms with Gasteiger partial charge in [0, 0.05) is 18.9 Å². The Morgan fingerprint density at radius 2 is 2.06 bits per heavy atom. The van der Waals surface area contributed by atoms with Gasteiger partial charge in [-0.15, -0.1) is 5.10 Å². The third-order valence-electron chi connectivity index (χ3n) is 2.57. The lowest BCUT2D eigenvalue weighted by Crippen LogP contribution is -2.07. The van der Waals surface area contributed by atoms with Gasteiger partial charge in [0.25, 0.3) is 0 Å². The van der Waals surface area contributed by atoms with Crippen LogP contribution in [0.15, 0.2) is 24.4 Å². The third-order valence-corrected chi connectivity index (χ3v) is 2.57. The van der Waals surface area contributed by atoms with Crippen LogP contribution in [-0.2, 0) is 7.05 Å². The summed E-state index contributed by atoms with van der Waals surface area (Å²) in [6, 6.07) is 5.84. The van der Waals surface area contributed by atoms with Gasteiger partial charge >= 0.3 is 0 Å². The molecule has 2 rings (SSSR count). The topological polar surface area (TPSA) is 39.9 Å². The van der Waals surface area contributed by atoms with E-state index in [0.29, 0.717) is 5.88 Å². The average Bonchev–Trinajstić information content (AvgIpc) is 2.55. The second-order valence-electron chi connectivity index (χ2n) is 4.27. The molecular weight excluding hydrogens is 214 g/mol. The molecule has 0 aliphatic rings. The van der Waals surface area contributed by atoms with E-state index in [0.717, 1.165) is 17.0 Å². The van der Waals surface area contributed by atoms with Crippen LogP contribution in [0.4, 0.5) is 0 Å². The van der Waals surface area contributed by atoms with Crippen molar-refractivity contribution in [2.45, 2.75) is 26.9 Å². The van der Waals surface area contributed by atoms with Gasteiger partial charge in [-0.25, -0.2) is 0 Å². The van der Waals surface area contributed by atoms with Crippen LogP contribution in [-0.4, -0.2) is 20.9 Å². The summed E-state index contributed by atoms with van der Waals surface area (Å²) in [6.45, 7) is 6.00. The van der Waals surface area contributed by atoms with Crippen LogP contribution in [0.5, 0.6) is 5.88 Å². The van der Waals surface area contributed by atoms with E-state index in [-0.39, 0.29) is 6.10 Å². The number of hydrogen-bond donors (Lipinski definition) is 0. The fourth-order valence-corrected chi connectivity index (χ4v) is 1.69. The molecule has 0 unspecified atom stereocenters. The predicted molar refractivity (Wildman–Crippen MR) is 66.9 cm³/mol. The lowest BCUT2D eigenvalue weighted by atomic mass is 10.1. The highest BCUT2D eigenvalue weighted by Crippen LogP contribution is 2.31. The van der Waals surface area contributed by atoms with Crippen LogP contribution in [0.2, 0.25) is 0 Å². The summed E-state index contributed by atoms with van der Waals surface area (Å²) in [5.41, 5.74) is 2.93. The lowest BCUT2D eigenvalue weighted by molar-refractivity contribution is 0.231. The molecular formula is C13H17N3O. The maximum absolute atomic E-state index is 5.73. The van der Waals surface area contributed by atoms with Crippen molar-refractivity contribution in [2.24, 2.45) is 7.05 Å². The summed E-state index contributed by atoms with van der Waals surface area (Å²) < 4.78 is 7.55. The molecule has 4 heteroatoms. The first-order valence-electron chi connectivity index (χ1n) is 5.71. The molecule has 0 N–H and O–H groups in total. The minimum atomic E-state index is 0.103. The van der Waals surface area contributed by atoms with E-state index < -0.39 is 0 Å². The number of ether oxygens (including phenoxy) is 1. The molecule has 90 valence electrons. The van der Waals surface area contributed by atoms with Crippen LogP contribution in [0.25, 0.3) is 11.3 Å². The normalized spacial score (nSPS) is 10.9. The molecule has 0 atom stereocenters. The summed E-state index contributed by atoms with van der Waals surface area (Å²) in [5, 5.41) is 4.38. The molecule has 0 aliphatic heterocycles. The number of aromatic nitrogens is 3. The minimum absolute atomic E-state index is 0.103. The molecule has 4 nitrogen and oxygen atoms in total. The van der Waals surface area contributed by atoms with Crippen molar-refractivity contribution < 1.29 is 4.74 Å². The van der Waals surface area contributed by atoms with Gasteiger partial charge in [-0.2, -0.15) is 0 Å². The Morgan fingerprint density at radius 1 is 1.29 bits per heavy atom. The van der Waals surface area contributed by atoms with E-state index >= 15 is 0 Å². The molecule has 0 aliphatic carbocycles. The smallest absolute Gasteiger partial charge is 0.242 e. The number of pyridine rings is 1. The van der Waals surface area contributed by atoms with Crippen molar-refractivity contribution in [2.75, 3.05) is 0 Å². The van der Waals surface area contributed by atoms with Gasteiger partial charge in [0.2, 0.25) is 5.88 Å². The standard InChI is InChI=1S/C13H17N3O/c1-9(2)17-13-12(10(3)16(4)15-13)11-7-5-6-8-14-11/h5-9H,1-4H3. The van der Waals surface area contributed by atoms with Crippen molar-refractivity contribution in [3.63, 3.8) is 0 Å². The Hall–Kier alpha value is -1.84. The minimum Gasteiger partial charge on any atom is -0.473 e. The summed E-state index contributed by atoms with van der Waals surface area (Å²) in [4.78, 5) is 4.36. The maximum atomic E-state index is 5.73. The number of rotatable bonds is 3. The Labute approximate surface area is 101 Å². The van der Waals surface area contributed by atoms with Crippen LogP contribution < -0.4 is 4.74 Å². The Bertz CT molecular complexity index is 503. The summed E-state index contributed by atoms with van der Waals surface area (Å²) in [7, 11) is 1.91. The molecule has 17 heavy (non-hydrogen) atoms. The summed E-state index contributed by atoms with van der Waals surface area (Å²) in [6.07, 6.45) is 1.88. The fraction of sp³-hybridized carbons (Fsp3) is 0.385. The highest BCUT2D eigenvalue weighted by molar-refractivity contribution is 5.67. The lowest BCUT2D eigenvalue weighted by Gasteiger charge is -2.08. The Kier molecular flexibility index (Phi) is 3.13. The van der Waals surface area contributed by atoms with E-state index in [1.54, 1.807) is 6.20 Å². The van der Waals surface area contributed by atoms with Crippen molar-refractivity contribution in [3.05, 3.63) is 30.1 Å². The van der Waals surface area contributed by atoms with Gasteiger partial charge in [0.15, 0.2) is 0 Å². The van der Waals surface area contributed by atoms with Gasteiger partial charge in [-0.05, 0) is 32.9 Å². The van der Waals surface area contributed by atoms with Crippen molar-refractivity contribution in [1.82, 2.24) is 14.8 Å². The zero-order valence-electron chi connectivity index (χ0n) is 10.6. The predicted octanol–water partition coefficient (Wildman–Crippen LogP) is 2.58. The van der Waals surface area contributed by atoms with Gasteiger partial charge in [-0.3, -0.25) is 9.67 Å². The van der Waals surface area contributed by atoms with Crippen LogP contribution in [0.3, 0.4) is 0 Å². The number of aryl methyl sites for hydroxylation is 1. The third kappa shape index (κ3) is 2.30. The first kappa shape index (κ1) is 11.6. The quantitative estimate of drug-likeness (QED) is 0.815. The molecule has 2 heterocycles. The van der Waals surface area contributed by atoms with Crippen molar-refractivity contribution in [1.29, 1.82) is 0 Å². The molecule has 0 amide bonds. The van der Waals surface area contributed by atoms with Crippen LogP contribution >= 0.6 is 0 Å². The molecule has 0 bridgehead atoms. The van der Waals surface area contributed by atoms with E-state index in [1.807, 2.05) is 50.7 Å². The van der Waals surface area contributed by atoms with Crippen molar-refractivity contribution in [3.8, 4) is 17.1 Å². The van der Waals surface area contributed by atoms with Gasteiger partial charge in [0.05, 0.1) is 17.4 Å². The highest BCUT2D eigenvalue weighted by Gasteiger charge is 2.17. The van der Waals surface area contributed by atoms with Crippen LogP contribution in [0, 0.1) is 6.92 Å². The summed E-state index contributed by atoms with van der Waals surface area (Å²) in [5.74, 6) is 0.652. The van der Waals surface area contributed by atoms with Gasteiger partial charge in [-0.1, -0.05) is 6.07 Å². The Morgan fingerprint density at radius 3 is 2.65 bits per heavy atom. The van der Waals surface area contributed by atoms with E-state index in [2.05, 4.69) is 10.1 Å². The average molecular weight is 231 g/mol. The number of nitrogens with zero attached hydrogens (tertiary/aromatic N) is 3. The monoisotopic (exact) mass is 231 g/mol. The molecule has 0 aromatic carbocycles. The molecule has 0 fully saturated rings. The fourth-order valence-electron chi connectivity index (χ4n) is 1.69. The molecule has 0 saturated carbocycles. The number of hydrogen-bond acceptors (Lipinski definition) is 3. The SMILES string of the molecule is Cc1c(-c2ccccn2)c(OC(C)C)nn1C. The van der Waals surface area contributed by atoms with E-state index in [9.17, 15) is 0 Å². The zero-order valence-corrected chi connectivity index (χ0v) is 10.6. The van der Waals surface area contributed by atoms with Gasteiger partial charge in [0.1, 0.15) is 0 Å². The molecule has 2 aromatic rings. The van der Waals surface area contributed by atoms with Gasteiger partial charge < -0.3 is 4.74 Å². The van der Waals surface area contributed by atoms with Crippen LogP contribution in [0.1, 0.15) is 19.5 Å². The Balaban J connectivity index is 2.52. The molecule has 0 spiro atoms. The molecule has 0 radical (unpaired) electrons. The summed E-state index contributed by atoms with van der Waals surface area (Å²) >= 11 is 0. The second-order valence-corrected chi connectivity index (χ2v) is 4.27. The van der Waals surface area contributed by atoms with E-state index in [1.165, 1.54) is 0 Å². The first-order chi connectivity index (χ1) is 8.09. The zero-order chi connectivity index (χ0) is 12.4.